The van der Waals surface area contributed by atoms with Gasteiger partial charge >= 0.3 is 0 Å². The van der Waals surface area contributed by atoms with Gasteiger partial charge in [-0.25, -0.2) is 13.4 Å². The molecular formula is C14H14ClNO4S. The summed E-state index contributed by atoms with van der Waals surface area (Å²) < 4.78 is 29.3. The topological polar surface area (TPSA) is 76.5 Å². The first-order valence-corrected chi connectivity index (χ1v) is 8.20. The van der Waals surface area contributed by atoms with Crippen LogP contribution in [0.1, 0.15) is 0 Å². The molecule has 1 N–H and O–H groups in total. The molecule has 5 nitrogen and oxygen atoms in total. The number of hydrogen-bond acceptors (Lipinski definition) is 5. The molecular weight excluding hydrogens is 314 g/mol. The maximum Gasteiger partial charge on any atom is 0.198 e. The second-order valence-corrected chi connectivity index (χ2v) is 6.79. The predicted octanol–water partition coefficient (Wildman–Crippen LogP) is 1.95. The Morgan fingerprint density at radius 2 is 1.90 bits per heavy atom. The van der Waals surface area contributed by atoms with Crippen LogP contribution in [0.4, 0.5) is 0 Å². The van der Waals surface area contributed by atoms with Crippen molar-refractivity contribution in [1.82, 2.24) is 4.98 Å². The van der Waals surface area contributed by atoms with Gasteiger partial charge < -0.3 is 9.84 Å². The van der Waals surface area contributed by atoms with E-state index in [4.69, 9.17) is 16.3 Å². The molecule has 0 amide bonds. The Morgan fingerprint density at radius 1 is 1.19 bits per heavy atom. The molecule has 21 heavy (non-hydrogen) atoms. The van der Waals surface area contributed by atoms with Crippen molar-refractivity contribution in [1.29, 1.82) is 0 Å². The van der Waals surface area contributed by atoms with Crippen LogP contribution in [0, 0.1) is 0 Å². The number of nitrogens with zero attached hydrogens (tertiary/aromatic N) is 1. The van der Waals surface area contributed by atoms with E-state index in [1.807, 2.05) is 0 Å². The Hall–Kier alpha value is -1.63. The maximum absolute atomic E-state index is 12.0. The van der Waals surface area contributed by atoms with Crippen LogP contribution in [0.15, 0.2) is 53.7 Å². The minimum atomic E-state index is -3.63. The molecule has 0 saturated heterocycles. The highest BCUT2D eigenvalue weighted by atomic mass is 35.5. The molecule has 1 atom stereocenters. The van der Waals surface area contributed by atoms with E-state index in [9.17, 15) is 13.5 Å². The van der Waals surface area contributed by atoms with Gasteiger partial charge in [0.05, 0.1) is 5.75 Å². The van der Waals surface area contributed by atoms with Gasteiger partial charge in [-0.05, 0) is 36.4 Å². The zero-order valence-corrected chi connectivity index (χ0v) is 12.6. The van der Waals surface area contributed by atoms with Crippen LogP contribution >= 0.6 is 11.6 Å². The SMILES string of the molecule is O=S(=O)(C[C@H](O)COc1ccc(Cl)cc1)c1ccccn1. The van der Waals surface area contributed by atoms with Gasteiger partial charge in [0.15, 0.2) is 14.9 Å². The summed E-state index contributed by atoms with van der Waals surface area (Å²) in [6.07, 6.45) is 0.247. The number of aromatic nitrogens is 1. The van der Waals surface area contributed by atoms with Gasteiger partial charge in [-0.15, -0.1) is 0 Å². The molecule has 1 aromatic heterocycles. The normalized spacial score (nSPS) is 12.9. The molecule has 0 aliphatic carbocycles. The summed E-state index contributed by atoms with van der Waals surface area (Å²) in [5.41, 5.74) is 0. The van der Waals surface area contributed by atoms with Crippen molar-refractivity contribution in [3.8, 4) is 5.75 Å². The highest BCUT2D eigenvalue weighted by Crippen LogP contribution is 2.16. The first-order chi connectivity index (χ1) is 9.97. The van der Waals surface area contributed by atoms with Crippen LogP contribution in [-0.4, -0.2) is 37.0 Å². The molecule has 1 heterocycles. The maximum atomic E-state index is 12.0. The molecule has 0 aliphatic rings. The third-order valence-corrected chi connectivity index (χ3v) is 4.58. The van der Waals surface area contributed by atoms with Crippen LogP contribution in [-0.2, 0) is 9.84 Å². The van der Waals surface area contributed by atoms with Crippen molar-refractivity contribution in [3.63, 3.8) is 0 Å². The number of aliphatic hydroxyl groups excluding tert-OH is 1. The van der Waals surface area contributed by atoms with E-state index in [0.29, 0.717) is 10.8 Å². The molecule has 0 bridgehead atoms. The summed E-state index contributed by atoms with van der Waals surface area (Å²) in [5.74, 6) is 0.0612. The van der Waals surface area contributed by atoms with Gasteiger partial charge in [0.25, 0.3) is 0 Å². The Morgan fingerprint density at radius 3 is 2.52 bits per heavy atom. The second kappa shape index (κ2) is 6.89. The number of benzene rings is 1. The summed E-state index contributed by atoms with van der Waals surface area (Å²) in [5, 5.41) is 10.3. The fraction of sp³-hybridized carbons (Fsp3) is 0.214. The molecule has 7 heteroatoms. The highest BCUT2D eigenvalue weighted by molar-refractivity contribution is 7.91. The molecule has 0 unspecified atom stereocenters. The third kappa shape index (κ3) is 4.70. The van der Waals surface area contributed by atoms with E-state index in [-0.39, 0.29) is 11.6 Å². The monoisotopic (exact) mass is 327 g/mol. The Bertz CT molecular complexity index is 674. The smallest absolute Gasteiger partial charge is 0.198 e. The molecule has 0 aliphatic heterocycles. The van der Waals surface area contributed by atoms with Gasteiger partial charge in [0, 0.05) is 11.2 Å². The van der Waals surface area contributed by atoms with Crippen molar-refractivity contribution in [2.75, 3.05) is 12.4 Å². The summed E-state index contributed by atoms with van der Waals surface area (Å²) >= 11 is 5.74. The van der Waals surface area contributed by atoms with Gasteiger partial charge in [0.2, 0.25) is 0 Å². The largest absolute Gasteiger partial charge is 0.491 e. The quantitative estimate of drug-likeness (QED) is 0.877. The minimum Gasteiger partial charge on any atom is -0.491 e. The molecule has 0 fully saturated rings. The van der Waals surface area contributed by atoms with Crippen molar-refractivity contribution >= 4 is 21.4 Å². The van der Waals surface area contributed by atoms with Gasteiger partial charge in [-0.3, -0.25) is 0 Å². The first kappa shape index (κ1) is 15.8. The molecule has 0 spiro atoms. The molecule has 1 aromatic carbocycles. The van der Waals surface area contributed by atoms with E-state index in [0.717, 1.165) is 0 Å². The lowest BCUT2D eigenvalue weighted by molar-refractivity contribution is 0.125. The van der Waals surface area contributed by atoms with Crippen molar-refractivity contribution in [3.05, 3.63) is 53.7 Å². The Labute approximate surface area is 128 Å². The molecule has 2 aromatic rings. The molecule has 2 rings (SSSR count). The highest BCUT2D eigenvalue weighted by Gasteiger charge is 2.21. The second-order valence-electron chi connectivity index (χ2n) is 4.37. The zero-order chi connectivity index (χ0) is 15.3. The van der Waals surface area contributed by atoms with E-state index >= 15 is 0 Å². The van der Waals surface area contributed by atoms with E-state index in [2.05, 4.69) is 4.98 Å². The molecule has 112 valence electrons. The van der Waals surface area contributed by atoms with E-state index < -0.39 is 21.7 Å². The summed E-state index contributed by atoms with van der Waals surface area (Å²) in [7, 11) is -3.63. The first-order valence-electron chi connectivity index (χ1n) is 6.17. The fourth-order valence-corrected chi connectivity index (χ4v) is 3.05. The minimum absolute atomic E-state index is 0.0597. The summed E-state index contributed by atoms with van der Waals surface area (Å²) in [6, 6.07) is 11.2. The number of pyridine rings is 1. The number of rotatable bonds is 6. The fourth-order valence-electron chi connectivity index (χ4n) is 1.64. The van der Waals surface area contributed by atoms with Crippen LogP contribution < -0.4 is 4.74 Å². The van der Waals surface area contributed by atoms with Crippen LogP contribution in [0.2, 0.25) is 5.02 Å². The average Bonchev–Trinajstić information content (AvgIpc) is 2.47. The Kier molecular flexibility index (Phi) is 5.17. The number of halogens is 1. The standard InChI is InChI=1S/C14H14ClNO4S/c15-11-4-6-13(7-5-11)20-9-12(17)10-21(18,19)14-3-1-2-8-16-14/h1-8,12,17H,9-10H2/t12-/m1/s1. The predicted molar refractivity (Wildman–Crippen MR) is 79.2 cm³/mol. The zero-order valence-electron chi connectivity index (χ0n) is 11.0. The van der Waals surface area contributed by atoms with E-state index in [1.165, 1.54) is 12.3 Å². The van der Waals surface area contributed by atoms with Crippen molar-refractivity contribution in [2.45, 2.75) is 11.1 Å². The summed E-state index contributed by atoms with van der Waals surface area (Å²) in [4.78, 5) is 3.78. The molecule has 0 radical (unpaired) electrons. The van der Waals surface area contributed by atoms with Gasteiger partial charge in [0.1, 0.15) is 18.5 Å². The van der Waals surface area contributed by atoms with Crippen molar-refractivity contribution < 1.29 is 18.3 Å². The molecule has 0 saturated carbocycles. The average molecular weight is 328 g/mol. The van der Waals surface area contributed by atoms with Gasteiger partial charge in [-0.1, -0.05) is 17.7 Å². The number of ether oxygens (including phenoxy) is 1. The lowest BCUT2D eigenvalue weighted by atomic mass is 10.3. The van der Waals surface area contributed by atoms with Gasteiger partial charge in [-0.2, -0.15) is 0 Å². The van der Waals surface area contributed by atoms with Crippen molar-refractivity contribution in [2.24, 2.45) is 0 Å². The third-order valence-electron chi connectivity index (χ3n) is 2.62. The van der Waals surface area contributed by atoms with Crippen LogP contribution in [0.25, 0.3) is 0 Å². The van der Waals surface area contributed by atoms with Crippen LogP contribution in [0.5, 0.6) is 5.75 Å². The van der Waals surface area contributed by atoms with Crippen LogP contribution in [0.3, 0.4) is 0 Å². The number of aliphatic hydroxyl groups is 1. The lowest BCUT2D eigenvalue weighted by Gasteiger charge is -2.12. The van der Waals surface area contributed by atoms with E-state index in [1.54, 1.807) is 36.4 Å². The number of sulfone groups is 1. The lowest BCUT2D eigenvalue weighted by Crippen LogP contribution is -2.27. The summed E-state index contributed by atoms with van der Waals surface area (Å²) in [6.45, 7) is -0.131. The number of hydrogen-bond donors (Lipinski definition) is 1. The Balaban J connectivity index is 1.92.